The van der Waals surface area contributed by atoms with Gasteiger partial charge in [-0.2, -0.15) is 5.26 Å². The molecule has 2 rings (SSSR count). The second kappa shape index (κ2) is 6.49. The highest BCUT2D eigenvalue weighted by molar-refractivity contribution is 9.08. The van der Waals surface area contributed by atoms with E-state index in [1.165, 1.54) is 18.2 Å². The van der Waals surface area contributed by atoms with Crippen LogP contribution in [0.2, 0.25) is 0 Å². The smallest absolute Gasteiger partial charge is 0.165 e. The first kappa shape index (κ1) is 14.5. The highest BCUT2D eigenvalue weighted by Gasteiger charge is 2.11. The van der Waals surface area contributed by atoms with Crippen LogP contribution < -0.4 is 4.74 Å². The van der Waals surface area contributed by atoms with Gasteiger partial charge in [0.15, 0.2) is 11.6 Å². The van der Waals surface area contributed by atoms with Gasteiger partial charge in [0.2, 0.25) is 0 Å². The van der Waals surface area contributed by atoms with Crippen molar-refractivity contribution in [1.29, 1.82) is 5.26 Å². The maximum absolute atomic E-state index is 13.7. The summed E-state index contributed by atoms with van der Waals surface area (Å²) in [5.41, 5.74) is 1.16. The van der Waals surface area contributed by atoms with Gasteiger partial charge in [-0.15, -0.1) is 0 Å². The Hall–Kier alpha value is -1.93. The lowest BCUT2D eigenvalue weighted by molar-refractivity contribution is 0.282. The number of alkyl halides is 1. The van der Waals surface area contributed by atoms with E-state index in [0.717, 1.165) is 6.07 Å². The first-order chi connectivity index (χ1) is 9.65. The van der Waals surface area contributed by atoms with Gasteiger partial charge in [0, 0.05) is 16.5 Å². The van der Waals surface area contributed by atoms with E-state index in [2.05, 4.69) is 15.9 Å². The van der Waals surface area contributed by atoms with Gasteiger partial charge < -0.3 is 4.74 Å². The zero-order valence-corrected chi connectivity index (χ0v) is 12.0. The summed E-state index contributed by atoms with van der Waals surface area (Å²) < 4.78 is 32.7. The van der Waals surface area contributed by atoms with Gasteiger partial charge >= 0.3 is 0 Å². The Morgan fingerprint density at radius 3 is 2.55 bits per heavy atom. The maximum Gasteiger partial charge on any atom is 0.165 e. The van der Waals surface area contributed by atoms with Crippen molar-refractivity contribution in [2.24, 2.45) is 0 Å². The number of nitriles is 1. The van der Waals surface area contributed by atoms with Crippen molar-refractivity contribution in [2.75, 3.05) is 0 Å². The van der Waals surface area contributed by atoms with Crippen LogP contribution in [0.5, 0.6) is 5.75 Å². The molecule has 0 fully saturated rings. The Labute approximate surface area is 123 Å². The van der Waals surface area contributed by atoms with Crippen LogP contribution in [0.3, 0.4) is 0 Å². The third kappa shape index (κ3) is 3.14. The number of hydrogen-bond acceptors (Lipinski definition) is 2. The van der Waals surface area contributed by atoms with E-state index in [0.29, 0.717) is 10.9 Å². The fraction of sp³-hybridized carbons (Fsp3) is 0.133. The highest BCUT2D eigenvalue weighted by atomic mass is 79.9. The normalized spacial score (nSPS) is 10.1. The van der Waals surface area contributed by atoms with Crippen molar-refractivity contribution in [3.05, 3.63) is 64.7 Å². The average Bonchev–Trinajstić information content (AvgIpc) is 2.46. The van der Waals surface area contributed by atoms with Gasteiger partial charge in [0.25, 0.3) is 0 Å². The first-order valence-corrected chi connectivity index (χ1v) is 6.92. The third-order valence-corrected chi connectivity index (χ3v) is 3.35. The standard InChI is InChI=1S/C15H10BrF2NO/c16-7-11-2-1-3-13(17)15(11)20-9-12-5-4-10(8-19)6-14(12)18/h1-6H,7,9H2. The van der Waals surface area contributed by atoms with Crippen molar-refractivity contribution >= 4 is 15.9 Å². The summed E-state index contributed by atoms with van der Waals surface area (Å²) in [7, 11) is 0. The summed E-state index contributed by atoms with van der Waals surface area (Å²) >= 11 is 3.25. The monoisotopic (exact) mass is 337 g/mol. The van der Waals surface area contributed by atoms with E-state index in [1.54, 1.807) is 12.1 Å². The van der Waals surface area contributed by atoms with Gasteiger partial charge in [-0.25, -0.2) is 8.78 Å². The number of nitrogens with zero attached hydrogens (tertiary/aromatic N) is 1. The van der Waals surface area contributed by atoms with Crippen LogP contribution in [0.4, 0.5) is 8.78 Å². The SMILES string of the molecule is N#Cc1ccc(COc2c(F)cccc2CBr)c(F)c1. The molecule has 0 amide bonds. The molecule has 2 nitrogen and oxygen atoms in total. The maximum atomic E-state index is 13.7. The molecular weight excluding hydrogens is 328 g/mol. The Morgan fingerprint density at radius 1 is 1.10 bits per heavy atom. The molecule has 0 radical (unpaired) electrons. The summed E-state index contributed by atoms with van der Waals surface area (Å²) in [4.78, 5) is 0. The largest absolute Gasteiger partial charge is 0.485 e. The number of rotatable bonds is 4. The number of benzene rings is 2. The second-order valence-corrected chi connectivity index (χ2v) is 4.63. The van der Waals surface area contributed by atoms with Crippen molar-refractivity contribution in [1.82, 2.24) is 0 Å². The molecule has 0 saturated carbocycles. The van der Waals surface area contributed by atoms with Crippen molar-refractivity contribution in [3.63, 3.8) is 0 Å². The minimum Gasteiger partial charge on any atom is -0.485 e. The predicted molar refractivity (Wildman–Crippen MR) is 74.5 cm³/mol. The summed E-state index contributed by atoms with van der Waals surface area (Å²) in [6, 6.07) is 10.5. The molecule has 0 spiro atoms. The fourth-order valence-corrected chi connectivity index (χ4v) is 2.15. The molecule has 0 saturated heterocycles. The molecule has 0 unspecified atom stereocenters. The van der Waals surface area contributed by atoms with E-state index in [1.807, 2.05) is 6.07 Å². The number of hydrogen-bond donors (Lipinski definition) is 0. The minimum absolute atomic E-state index is 0.0987. The second-order valence-electron chi connectivity index (χ2n) is 4.07. The summed E-state index contributed by atoms with van der Waals surface area (Å²) in [6.45, 7) is -0.0987. The van der Waals surface area contributed by atoms with E-state index in [9.17, 15) is 8.78 Å². The van der Waals surface area contributed by atoms with E-state index in [-0.39, 0.29) is 23.5 Å². The lowest BCUT2D eigenvalue weighted by atomic mass is 10.1. The third-order valence-electron chi connectivity index (χ3n) is 2.75. The van der Waals surface area contributed by atoms with Crippen molar-refractivity contribution in [2.45, 2.75) is 11.9 Å². The zero-order valence-electron chi connectivity index (χ0n) is 10.4. The average molecular weight is 338 g/mol. The Balaban J connectivity index is 2.19. The first-order valence-electron chi connectivity index (χ1n) is 5.80. The molecule has 0 heterocycles. The van der Waals surface area contributed by atoms with Gasteiger partial charge in [0.05, 0.1) is 11.6 Å². The molecule has 0 aliphatic heterocycles. The van der Waals surface area contributed by atoms with Gasteiger partial charge in [0.1, 0.15) is 12.4 Å². The van der Waals surface area contributed by atoms with Gasteiger partial charge in [-0.1, -0.05) is 34.1 Å². The lowest BCUT2D eigenvalue weighted by Crippen LogP contribution is -2.02. The summed E-state index contributed by atoms with van der Waals surface area (Å²) in [5.74, 6) is -0.926. The predicted octanol–water partition coefficient (Wildman–Crippen LogP) is 4.31. The number of ether oxygens (including phenoxy) is 1. The molecule has 5 heteroatoms. The van der Waals surface area contributed by atoms with E-state index < -0.39 is 11.6 Å². The van der Waals surface area contributed by atoms with Crippen LogP contribution in [-0.4, -0.2) is 0 Å². The molecule has 20 heavy (non-hydrogen) atoms. The van der Waals surface area contributed by atoms with Crippen LogP contribution in [0.15, 0.2) is 36.4 Å². The zero-order chi connectivity index (χ0) is 14.5. The van der Waals surface area contributed by atoms with E-state index in [4.69, 9.17) is 10.00 Å². The van der Waals surface area contributed by atoms with Crippen LogP contribution in [0, 0.1) is 23.0 Å². The van der Waals surface area contributed by atoms with Gasteiger partial charge in [-0.3, -0.25) is 0 Å². The van der Waals surface area contributed by atoms with Crippen LogP contribution in [0.25, 0.3) is 0 Å². The molecular formula is C15H10BrF2NO. The Morgan fingerprint density at radius 2 is 1.90 bits per heavy atom. The molecule has 2 aromatic carbocycles. The summed E-state index contributed by atoms with van der Waals surface area (Å²) in [6.07, 6.45) is 0. The van der Waals surface area contributed by atoms with E-state index >= 15 is 0 Å². The highest BCUT2D eigenvalue weighted by Crippen LogP contribution is 2.26. The Kier molecular flexibility index (Phi) is 4.70. The molecule has 0 aromatic heterocycles. The van der Waals surface area contributed by atoms with Crippen LogP contribution in [-0.2, 0) is 11.9 Å². The number of halogens is 3. The quantitative estimate of drug-likeness (QED) is 0.779. The van der Waals surface area contributed by atoms with Crippen LogP contribution >= 0.6 is 15.9 Å². The fourth-order valence-electron chi connectivity index (χ4n) is 1.70. The Bertz CT molecular complexity index is 667. The van der Waals surface area contributed by atoms with Gasteiger partial charge in [-0.05, 0) is 18.2 Å². The minimum atomic E-state index is -0.541. The molecule has 2 aromatic rings. The number of para-hydroxylation sites is 1. The summed E-state index contributed by atoms with van der Waals surface area (Å²) in [5, 5.41) is 9.10. The lowest BCUT2D eigenvalue weighted by Gasteiger charge is -2.11. The van der Waals surface area contributed by atoms with Crippen LogP contribution in [0.1, 0.15) is 16.7 Å². The molecule has 0 aliphatic rings. The topological polar surface area (TPSA) is 33.0 Å². The molecule has 0 N–H and O–H groups in total. The van der Waals surface area contributed by atoms with Crippen molar-refractivity contribution < 1.29 is 13.5 Å². The van der Waals surface area contributed by atoms with Crippen molar-refractivity contribution in [3.8, 4) is 11.8 Å². The molecule has 102 valence electrons. The molecule has 0 atom stereocenters. The molecule has 0 aliphatic carbocycles. The molecule has 0 bridgehead atoms.